The molecule has 1 saturated heterocycles. The highest BCUT2D eigenvalue weighted by Gasteiger charge is 2.32. The third kappa shape index (κ3) is 3.97. The number of benzene rings is 1. The number of likely N-dealkylation sites (tertiary alicyclic amines) is 1. The van der Waals surface area contributed by atoms with Gasteiger partial charge in [-0.05, 0) is 43.5 Å². The zero-order valence-corrected chi connectivity index (χ0v) is 13.4. The lowest BCUT2D eigenvalue weighted by atomic mass is 10.1. The maximum atomic E-state index is 12.5. The van der Waals surface area contributed by atoms with Gasteiger partial charge < -0.3 is 15.5 Å². The number of amides is 3. The summed E-state index contributed by atoms with van der Waals surface area (Å²) in [7, 11) is 0. The van der Waals surface area contributed by atoms with E-state index in [1.165, 1.54) is 13.0 Å². The molecule has 1 aromatic carbocycles. The summed E-state index contributed by atoms with van der Waals surface area (Å²) >= 11 is 0. The van der Waals surface area contributed by atoms with E-state index in [-0.39, 0.29) is 17.7 Å². The Morgan fingerprint density at radius 3 is 2.70 bits per heavy atom. The van der Waals surface area contributed by atoms with Crippen LogP contribution < -0.4 is 10.6 Å². The molecule has 0 spiro atoms. The monoisotopic (exact) mass is 315 g/mol. The van der Waals surface area contributed by atoms with Crippen molar-refractivity contribution in [2.24, 2.45) is 0 Å². The molecule has 2 rings (SSSR count). The summed E-state index contributed by atoms with van der Waals surface area (Å²) in [6.45, 7) is 7.36. The van der Waals surface area contributed by atoms with Gasteiger partial charge in [0.1, 0.15) is 6.04 Å². The minimum atomic E-state index is -0.432. The van der Waals surface area contributed by atoms with Crippen molar-refractivity contribution in [1.29, 1.82) is 0 Å². The molecule has 122 valence electrons. The Labute approximate surface area is 135 Å². The lowest BCUT2D eigenvalue weighted by molar-refractivity contribution is -0.134. The second kappa shape index (κ2) is 7.09. The number of carbonyl (C=O) groups is 3. The van der Waals surface area contributed by atoms with Crippen LogP contribution in [0.3, 0.4) is 0 Å². The second-order valence-electron chi connectivity index (χ2n) is 5.58. The zero-order valence-electron chi connectivity index (χ0n) is 13.4. The number of carbonyl (C=O) groups excluding carboxylic acids is 3. The first-order valence-corrected chi connectivity index (χ1v) is 7.54. The molecule has 6 heteroatoms. The average Bonchev–Trinajstić information content (AvgIpc) is 3.00. The summed E-state index contributed by atoms with van der Waals surface area (Å²) in [5.74, 6) is -0.607. The molecule has 0 saturated carbocycles. The maximum absolute atomic E-state index is 12.5. The van der Waals surface area contributed by atoms with Gasteiger partial charge in [0.25, 0.3) is 0 Å². The Hall–Kier alpha value is -2.63. The Bertz CT molecular complexity index is 654. The minimum absolute atomic E-state index is 0.0913. The molecule has 2 N–H and O–H groups in total. The highest BCUT2D eigenvalue weighted by molar-refractivity contribution is 6.01. The highest BCUT2D eigenvalue weighted by Crippen LogP contribution is 2.23. The third-order valence-electron chi connectivity index (χ3n) is 3.91. The molecule has 0 aliphatic carbocycles. The van der Waals surface area contributed by atoms with Crippen LogP contribution in [0.2, 0.25) is 0 Å². The molecule has 0 unspecified atom stereocenters. The van der Waals surface area contributed by atoms with E-state index < -0.39 is 6.04 Å². The van der Waals surface area contributed by atoms with Gasteiger partial charge in [-0.15, -0.1) is 0 Å². The van der Waals surface area contributed by atoms with Gasteiger partial charge >= 0.3 is 0 Å². The molecule has 0 radical (unpaired) electrons. The van der Waals surface area contributed by atoms with Crippen LogP contribution in [-0.4, -0.2) is 35.2 Å². The number of hydrogen-bond donors (Lipinski definition) is 2. The number of nitrogens with one attached hydrogen (secondary N) is 2. The van der Waals surface area contributed by atoms with Crippen LogP contribution in [0.25, 0.3) is 0 Å². The average molecular weight is 315 g/mol. The molecule has 1 heterocycles. The molecular formula is C17H21N3O3. The SMILES string of the molecule is C=CC(=O)Nc1ccc(C)c(NC(=O)[C@H]2CCCN2C(C)=O)c1. The van der Waals surface area contributed by atoms with Crippen LogP contribution in [0.15, 0.2) is 30.9 Å². The van der Waals surface area contributed by atoms with Crippen LogP contribution in [0, 0.1) is 6.92 Å². The van der Waals surface area contributed by atoms with Crippen molar-refractivity contribution >= 4 is 29.1 Å². The third-order valence-corrected chi connectivity index (χ3v) is 3.91. The molecule has 1 aromatic rings. The van der Waals surface area contributed by atoms with E-state index in [4.69, 9.17) is 0 Å². The van der Waals surface area contributed by atoms with Crippen molar-refractivity contribution in [1.82, 2.24) is 4.90 Å². The number of nitrogens with zero attached hydrogens (tertiary/aromatic N) is 1. The van der Waals surface area contributed by atoms with Gasteiger partial charge in [0.15, 0.2) is 0 Å². The quantitative estimate of drug-likeness (QED) is 0.835. The molecule has 3 amide bonds. The van der Waals surface area contributed by atoms with Crippen LogP contribution in [0.4, 0.5) is 11.4 Å². The van der Waals surface area contributed by atoms with E-state index in [0.29, 0.717) is 24.3 Å². The molecule has 23 heavy (non-hydrogen) atoms. The fourth-order valence-corrected chi connectivity index (χ4v) is 2.66. The molecule has 1 fully saturated rings. The Kier molecular flexibility index (Phi) is 5.16. The number of anilines is 2. The largest absolute Gasteiger partial charge is 0.331 e. The van der Waals surface area contributed by atoms with Crippen molar-refractivity contribution in [3.8, 4) is 0 Å². The molecule has 0 bridgehead atoms. The standard InChI is InChI=1S/C17H21N3O3/c1-4-16(22)18-13-8-7-11(2)14(10-13)19-17(23)15-6-5-9-20(15)12(3)21/h4,7-8,10,15H,1,5-6,9H2,2-3H3,(H,18,22)(H,19,23)/t15-/m1/s1. The van der Waals surface area contributed by atoms with Crippen molar-refractivity contribution in [3.05, 3.63) is 36.4 Å². The van der Waals surface area contributed by atoms with Crippen molar-refractivity contribution < 1.29 is 14.4 Å². The Balaban J connectivity index is 2.14. The zero-order chi connectivity index (χ0) is 17.0. The van der Waals surface area contributed by atoms with Gasteiger partial charge in [0, 0.05) is 24.8 Å². The molecule has 1 atom stereocenters. The first kappa shape index (κ1) is 16.7. The topological polar surface area (TPSA) is 78.5 Å². The normalized spacial score (nSPS) is 16.8. The highest BCUT2D eigenvalue weighted by atomic mass is 16.2. The van der Waals surface area contributed by atoms with E-state index in [2.05, 4.69) is 17.2 Å². The molecule has 0 aromatic heterocycles. The molecule has 1 aliphatic heterocycles. The second-order valence-corrected chi connectivity index (χ2v) is 5.58. The summed E-state index contributed by atoms with van der Waals surface area (Å²) < 4.78 is 0. The summed E-state index contributed by atoms with van der Waals surface area (Å²) in [4.78, 5) is 37.0. The van der Waals surface area contributed by atoms with Gasteiger partial charge in [-0.25, -0.2) is 0 Å². The number of hydrogen-bond acceptors (Lipinski definition) is 3. The van der Waals surface area contributed by atoms with Crippen LogP contribution >= 0.6 is 0 Å². The molecule has 6 nitrogen and oxygen atoms in total. The smallest absolute Gasteiger partial charge is 0.247 e. The van der Waals surface area contributed by atoms with E-state index >= 15 is 0 Å². The fourth-order valence-electron chi connectivity index (χ4n) is 2.66. The summed E-state index contributed by atoms with van der Waals surface area (Å²) in [5.41, 5.74) is 2.07. The van der Waals surface area contributed by atoms with E-state index in [1.807, 2.05) is 13.0 Å². The summed E-state index contributed by atoms with van der Waals surface area (Å²) in [6.07, 6.45) is 2.67. The van der Waals surface area contributed by atoms with E-state index in [0.717, 1.165) is 12.0 Å². The van der Waals surface area contributed by atoms with Crippen molar-refractivity contribution in [2.45, 2.75) is 32.7 Å². The Morgan fingerprint density at radius 2 is 2.04 bits per heavy atom. The van der Waals surface area contributed by atoms with Crippen molar-refractivity contribution in [2.75, 3.05) is 17.2 Å². The van der Waals surface area contributed by atoms with Crippen LogP contribution in [-0.2, 0) is 14.4 Å². The van der Waals surface area contributed by atoms with Crippen LogP contribution in [0.5, 0.6) is 0 Å². The molecule has 1 aliphatic rings. The van der Waals surface area contributed by atoms with Gasteiger partial charge in [0.2, 0.25) is 17.7 Å². The van der Waals surface area contributed by atoms with Gasteiger partial charge in [0.05, 0.1) is 0 Å². The van der Waals surface area contributed by atoms with Crippen LogP contribution in [0.1, 0.15) is 25.3 Å². The number of rotatable bonds is 4. The van der Waals surface area contributed by atoms with Gasteiger partial charge in [-0.2, -0.15) is 0 Å². The summed E-state index contributed by atoms with van der Waals surface area (Å²) in [5, 5.41) is 5.51. The Morgan fingerprint density at radius 1 is 1.30 bits per heavy atom. The predicted octanol–water partition coefficient (Wildman–Crippen LogP) is 2.07. The lowest BCUT2D eigenvalue weighted by Crippen LogP contribution is -2.42. The van der Waals surface area contributed by atoms with Gasteiger partial charge in [-0.1, -0.05) is 12.6 Å². The van der Waals surface area contributed by atoms with E-state index in [9.17, 15) is 14.4 Å². The first-order valence-electron chi connectivity index (χ1n) is 7.54. The number of aryl methyl sites for hydroxylation is 1. The fraction of sp³-hybridized carbons (Fsp3) is 0.353. The minimum Gasteiger partial charge on any atom is -0.331 e. The summed E-state index contributed by atoms with van der Waals surface area (Å²) in [6, 6.07) is 4.83. The lowest BCUT2D eigenvalue weighted by Gasteiger charge is -2.23. The van der Waals surface area contributed by atoms with Crippen molar-refractivity contribution in [3.63, 3.8) is 0 Å². The first-order chi connectivity index (χ1) is 10.9. The van der Waals surface area contributed by atoms with E-state index in [1.54, 1.807) is 17.0 Å². The maximum Gasteiger partial charge on any atom is 0.247 e. The predicted molar refractivity (Wildman–Crippen MR) is 89.0 cm³/mol. The molecular weight excluding hydrogens is 294 g/mol. The van der Waals surface area contributed by atoms with Gasteiger partial charge in [-0.3, -0.25) is 14.4 Å².